The van der Waals surface area contributed by atoms with Gasteiger partial charge in [-0.05, 0) is 31.5 Å². The fourth-order valence-corrected chi connectivity index (χ4v) is 2.17. The summed E-state index contributed by atoms with van der Waals surface area (Å²) < 4.78 is 33.0. The molecule has 1 N–H and O–H groups in total. The van der Waals surface area contributed by atoms with Gasteiger partial charge in [-0.2, -0.15) is 0 Å². The molecule has 0 saturated carbocycles. The SMILES string of the molecule is CNCc1oc2c(F)ccc(F)c2c1CC(C)C. The molecule has 0 amide bonds. The van der Waals surface area contributed by atoms with Crippen molar-refractivity contribution in [1.82, 2.24) is 5.32 Å². The Labute approximate surface area is 105 Å². The van der Waals surface area contributed by atoms with E-state index >= 15 is 0 Å². The predicted octanol–water partition coefficient (Wildman–Crippen LogP) is 3.63. The quantitative estimate of drug-likeness (QED) is 0.900. The molecule has 2 nitrogen and oxygen atoms in total. The summed E-state index contributed by atoms with van der Waals surface area (Å²) >= 11 is 0. The van der Waals surface area contributed by atoms with E-state index in [0.29, 0.717) is 24.6 Å². The van der Waals surface area contributed by atoms with E-state index in [9.17, 15) is 8.78 Å². The second-order valence-corrected chi connectivity index (χ2v) is 4.87. The molecule has 0 bridgehead atoms. The topological polar surface area (TPSA) is 25.2 Å². The number of fused-ring (bicyclic) bond motifs is 1. The monoisotopic (exact) mass is 253 g/mol. The highest BCUT2D eigenvalue weighted by Crippen LogP contribution is 2.32. The molecule has 18 heavy (non-hydrogen) atoms. The van der Waals surface area contributed by atoms with Crippen molar-refractivity contribution in [2.24, 2.45) is 5.92 Å². The first kappa shape index (κ1) is 13.0. The Balaban J connectivity index is 2.68. The van der Waals surface area contributed by atoms with Gasteiger partial charge in [0.05, 0.1) is 11.9 Å². The first-order valence-electron chi connectivity index (χ1n) is 6.07. The third-order valence-electron chi connectivity index (χ3n) is 2.87. The van der Waals surface area contributed by atoms with Gasteiger partial charge in [0.25, 0.3) is 0 Å². The number of halogens is 2. The van der Waals surface area contributed by atoms with Gasteiger partial charge in [0.15, 0.2) is 11.4 Å². The number of benzene rings is 1. The van der Waals surface area contributed by atoms with Crippen LogP contribution in [0.4, 0.5) is 8.78 Å². The van der Waals surface area contributed by atoms with Crippen molar-refractivity contribution in [3.8, 4) is 0 Å². The molecule has 2 rings (SSSR count). The van der Waals surface area contributed by atoms with Crippen molar-refractivity contribution in [2.45, 2.75) is 26.8 Å². The summed E-state index contributed by atoms with van der Waals surface area (Å²) in [5.74, 6) is 0.0289. The zero-order valence-electron chi connectivity index (χ0n) is 10.8. The number of rotatable bonds is 4. The molecule has 0 saturated heterocycles. The highest BCUT2D eigenvalue weighted by Gasteiger charge is 2.20. The Morgan fingerprint density at radius 2 is 1.89 bits per heavy atom. The van der Waals surface area contributed by atoms with Crippen LogP contribution in [-0.4, -0.2) is 7.05 Å². The first-order valence-corrected chi connectivity index (χ1v) is 6.07. The van der Waals surface area contributed by atoms with Gasteiger partial charge in [-0.3, -0.25) is 0 Å². The molecule has 0 unspecified atom stereocenters. The number of hydrogen-bond donors (Lipinski definition) is 1. The van der Waals surface area contributed by atoms with Crippen LogP contribution in [0.2, 0.25) is 0 Å². The smallest absolute Gasteiger partial charge is 0.173 e. The van der Waals surface area contributed by atoms with E-state index in [1.165, 1.54) is 0 Å². The highest BCUT2D eigenvalue weighted by molar-refractivity contribution is 5.83. The Bertz CT molecular complexity index is 560. The van der Waals surface area contributed by atoms with Crippen LogP contribution in [-0.2, 0) is 13.0 Å². The van der Waals surface area contributed by atoms with Crippen LogP contribution in [0.1, 0.15) is 25.2 Å². The van der Waals surface area contributed by atoms with Gasteiger partial charge in [0, 0.05) is 5.56 Å². The minimum absolute atomic E-state index is 0.0240. The van der Waals surface area contributed by atoms with Crippen LogP contribution in [0, 0.1) is 17.6 Å². The van der Waals surface area contributed by atoms with E-state index < -0.39 is 11.6 Å². The van der Waals surface area contributed by atoms with Gasteiger partial charge in [-0.15, -0.1) is 0 Å². The fourth-order valence-electron chi connectivity index (χ4n) is 2.17. The van der Waals surface area contributed by atoms with Crippen molar-refractivity contribution in [1.29, 1.82) is 0 Å². The Kier molecular flexibility index (Phi) is 3.66. The molecule has 0 aliphatic heterocycles. The van der Waals surface area contributed by atoms with Crippen LogP contribution in [0.15, 0.2) is 16.5 Å². The summed E-state index contributed by atoms with van der Waals surface area (Å²) in [5, 5.41) is 3.24. The van der Waals surface area contributed by atoms with Crippen LogP contribution in [0.25, 0.3) is 11.0 Å². The molecule has 4 heteroatoms. The molecule has 0 aliphatic rings. The van der Waals surface area contributed by atoms with Crippen molar-refractivity contribution < 1.29 is 13.2 Å². The van der Waals surface area contributed by atoms with E-state index in [0.717, 1.165) is 17.7 Å². The summed E-state index contributed by atoms with van der Waals surface area (Å²) in [4.78, 5) is 0. The summed E-state index contributed by atoms with van der Waals surface area (Å²) in [6.07, 6.45) is 0.671. The molecule has 0 aliphatic carbocycles. The minimum atomic E-state index is -0.515. The van der Waals surface area contributed by atoms with Gasteiger partial charge in [0.1, 0.15) is 11.6 Å². The van der Waals surface area contributed by atoms with Crippen molar-refractivity contribution in [3.05, 3.63) is 35.1 Å². The minimum Gasteiger partial charge on any atom is -0.456 e. The van der Waals surface area contributed by atoms with E-state index in [1.807, 2.05) is 13.8 Å². The molecule has 2 aromatic rings. The Morgan fingerprint density at radius 1 is 1.22 bits per heavy atom. The molecule has 0 fully saturated rings. The van der Waals surface area contributed by atoms with E-state index in [2.05, 4.69) is 5.32 Å². The average Bonchev–Trinajstić information content (AvgIpc) is 2.64. The van der Waals surface area contributed by atoms with Gasteiger partial charge in [-0.1, -0.05) is 13.8 Å². The lowest BCUT2D eigenvalue weighted by atomic mass is 9.99. The highest BCUT2D eigenvalue weighted by atomic mass is 19.1. The van der Waals surface area contributed by atoms with E-state index in [1.54, 1.807) is 7.05 Å². The third-order valence-corrected chi connectivity index (χ3v) is 2.87. The second-order valence-electron chi connectivity index (χ2n) is 4.87. The second kappa shape index (κ2) is 5.06. The van der Waals surface area contributed by atoms with Crippen LogP contribution >= 0.6 is 0 Å². The van der Waals surface area contributed by atoms with Crippen LogP contribution in [0.3, 0.4) is 0 Å². The Morgan fingerprint density at radius 3 is 2.50 bits per heavy atom. The number of nitrogens with one attached hydrogen (secondary N) is 1. The van der Waals surface area contributed by atoms with Gasteiger partial charge in [0.2, 0.25) is 0 Å². The molecule has 1 heterocycles. The number of furan rings is 1. The number of hydrogen-bond acceptors (Lipinski definition) is 2. The van der Waals surface area contributed by atoms with Crippen LogP contribution < -0.4 is 5.32 Å². The third kappa shape index (κ3) is 2.25. The summed E-state index contributed by atoms with van der Waals surface area (Å²) in [6.45, 7) is 4.55. The molecule has 1 aromatic carbocycles. The lowest BCUT2D eigenvalue weighted by molar-refractivity contribution is 0.496. The predicted molar refractivity (Wildman–Crippen MR) is 67.4 cm³/mol. The molecule has 98 valence electrons. The van der Waals surface area contributed by atoms with Gasteiger partial charge >= 0.3 is 0 Å². The van der Waals surface area contributed by atoms with Crippen molar-refractivity contribution in [2.75, 3.05) is 7.05 Å². The molecule has 0 radical (unpaired) electrons. The van der Waals surface area contributed by atoms with Crippen molar-refractivity contribution >= 4 is 11.0 Å². The van der Waals surface area contributed by atoms with Crippen molar-refractivity contribution in [3.63, 3.8) is 0 Å². The zero-order valence-corrected chi connectivity index (χ0v) is 10.8. The zero-order chi connectivity index (χ0) is 13.3. The maximum Gasteiger partial charge on any atom is 0.173 e. The lowest BCUT2D eigenvalue weighted by Crippen LogP contribution is -2.07. The van der Waals surface area contributed by atoms with Gasteiger partial charge in [-0.25, -0.2) is 8.78 Å². The molecule has 0 spiro atoms. The maximum absolute atomic E-state index is 13.9. The van der Waals surface area contributed by atoms with Gasteiger partial charge < -0.3 is 9.73 Å². The Hall–Kier alpha value is -1.42. The summed E-state index contributed by atoms with van der Waals surface area (Å²) in [7, 11) is 1.78. The molecular weight excluding hydrogens is 236 g/mol. The first-order chi connectivity index (χ1) is 8.54. The van der Waals surface area contributed by atoms with E-state index in [-0.39, 0.29) is 11.0 Å². The lowest BCUT2D eigenvalue weighted by Gasteiger charge is -2.06. The molecular formula is C14H17F2NO. The average molecular weight is 253 g/mol. The summed E-state index contributed by atoms with van der Waals surface area (Å²) in [6, 6.07) is 2.25. The molecule has 1 aromatic heterocycles. The van der Waals surface area contributed by atoms with E-state index in [4.69, 9.17) is 4.42 Å². The normalized spacial score (nSPS) is 11.7. The standard InChI is InChI=1S/C14H17F2NO/c1-8(2)6-9-12(7-17-3)18-14-11(16)5-4-10(15)13(9)14/h4-5,8,17H,6-7H2,1-3H3. The maximum atomic E-state index is 13.9. The largest absolute Gasteiger partial charge is 0.456 e. The summed E-state index contributed by atoms with van der Waals surface area (Å²) in [5.41, 5.74) is 0.794. The molecule has 0 atom stereocenters. The fraction of sp³-hybridized carbons (Fsp3) is 0.429. The van der Waals surface area contributed by atoms with Crippen LogP contribution in [0.5, 0.6) is 0 Å².